The van der Waals surface area contributed by atoms with Crippen LogP contribution in [-0.4, -0.2) is 88.7 Å². The summed E-state index contributed by atoms with van der Waals surface area (Å²) in [4.78, 5) is 16.0. The Kier molecular flexibility index (Phi) is 12.2. The Hall–Kier alpha value is -3.01. The Morgan fingerprint density at radius 2 is 1.80 bits per heavy atom. The molecule has 11 nitrogen and oxygen atoms in total. The van der Waals surface area contributed by atoms with Crippen LogP contribution in [0.3, 0.4) is 0 Å². The Balaban J connectivity index is 1.67. The van der Waals surface area contributed by atoms with E-state index in [1.807, 2.05) is 13.8 Å². The van der Waals surface area contributed by atoms with E-state index in [0.717, 1.165) is 24.2 Å². The monoisotopic (exact) mass is 693 g/mol. The van der Waals surface area contributed by atoms with E-state index in [4.69, 9.17) is 9.47 Å². The van der Waals surface area contributed by atoms with E-state index in [1.54, 1.807) is 60.8 Å². The molecule has 252 valence electrons. The molecule has 0 bridgehead atoms. The van der Waals surface area contributed by atoms with Gasteiger partial charge < -0.3 is 19.5 Å². The number of ether oxygens (including phenoxy) is 2. The number of nitrogens with one attached hydrogen (secondary N) is 1. The average molecular weight is 694 g/mol. The summed E-state index contributed by atoms with van der Waals surface area (Å²) < 4.78 is 69.1. The molecule has 0 radical (unpaired) electrons. The van der Waals surface area contributed by atoms with E-state index >= 15 is 0 Å². The fourth-order valence-electron chi connectivity index (χ4n) is 5.19. The SMILES string of the molecule is C[C@H](CO)N1C[C@H](C)[C@@H](CN(C)S(=O)(=O)c2ccccc2)OCCCC[C@H](C)Oc2ccc(NS(=O)(=O)c3cccs3)cc2C1=O. The lowest BCUT2D eigenvalue weighted by molar-refractivity contribution is -0.00833. The van der Waals surface area contributed by atoms with Crippen molar-refractivity contribution < 1.29 is 36.2 Å². The second kappa shape index (κ2) is 15.7. The van der Waals surface area contributed by atoms with E-state index in [2.05, 4.69) is 4.72 Å². The highest BCUT2D eigenvalue weighted by atomic mass is 32.2. The van der Waals surface area contributed by atoms with Crippen LogP contribution in [0.25, 0.3) is 0 Å². The van der Waals surface area contributed by atoms with Crippen LogP contribution >= 0.6 is 11.3 Å². The highest BCUT2D eigenvalue weighted by molar-refractivity contribution is 7.94. The van der Waals surface area contributed by atoms with Crippen LogP contribution in [0.1, 0.15) is 50.4 Å². The van der Waals surface area contributed by atoms with Crippen molar-refractivity contribution in [2.75, 3.05) is 38.1 Å². The summed E-state index contributed by atoms with van der Waals surface area (Å²) in [6, 6.07) is 15.3. The van der Waals surface area contributed by atoms with Gasteiger partial charge in [-0.2, -0.15) is 4.31 Å². The summed E-state index contributed by atoms with van der Waals surface area (Å²) in [5.41, 5.74) is 0.334. The Morgan fingerprint density at radius 1 is 1.07 bits per heavy atom. The van der Waals surface area contributed by atoms with Gasteiger partial charge in [0.25, 0.3) is 15.9 Å². The third-order valence-electron chi connectivity index (χ3n) is 7.95. The number of aliphatic hydroxyl groups excluding tert-OH is 1. The van der Waals surface area contributed by atoms with Gasteiger partial charge in [-0.15, -0.1) is 11.3 Å². The average Bonchev–Trinajstić information content (AvgIpc) is 3.59. The molecule has 0 saturated carbocycles. The maximum absolute atomic E-state index is 14.3. The van der Waals surface area contributed by atoms with Gasteiger partial charge in [-0.1, -0.05) is 31.2 Å². The summed E-state index contributed by atoms with van der Waals surface area (Å²) >= 11 is 1.08. The van der Waals surface area contributed by atoms with Crippen molar-refractivity contribution in [3.8, 4) is 5.75 Å². The summed E-state index contributed by atoms with van der Waals surface area (Å²) in [7, 11) is -6.16. The first-order valence-corrected chi connectivity index (χ1v) is 19.1. The standard InChI is InChI=1S/C32H43N3O8S3/c1-23-20-35(24(2)22-36)32(37)28-19-26(33-45(38,39)31-14-10-18-44-31)15-16-29(28)43-25(3)11-8-9-17-42-30(23)21-34(4)46(40,41)27-12-6-5-7-13-27/h5-7,10,12-16,18-19,23-25,30,33,36H,8-9,11,17,20-22H2,1-4H3/t23-,24+,25-,30+/m0/s1. The third-order valence-corrected chi connectivity index (χ3v) is 12.6. The molecule has 1 amide bonds. The highest BCUT2D eigenvalue weighted by Gasteiger charge is 2.32. The number of fused-ring (bicyclic) bond motifs is 1. The lowest BCUT2D eigenvalue weighted by Gasteiger charge is -2.35. The van der Waals surface area contributed by atoms with Crippen molar-refractivity contribution in [2.45, 2.75) is 67.4 Å². The fourth-order valence-corrected chi connectivity index (χ4v) is 8.44. The number of rotatable bonds is 9. The predicted octanol–water partition coefficient (Wildman–Crippen LogP) is 4.67. The summed E-state index contributed by atoms with van der Waals surface area (Å²) in [5, 5.41) is 11.8. The molecule has 1 aliphatic rings. The highest BCUT2D eigenvalue weighted by Crippen LogP contribution is 2.30. The largest absolute Gasteiger partial charge is 0.490 e. The molecule has 0 saturated heterocycles. The van der Waals surface area contributed by atoms with Crippen LogP contribution in [0.15, 0.2) is 75.1 Å². The minimum Gasteiger partial charge on any atom is -0.490 e. The minimum atomic E-state index is -3.88. The van der Waals surface area contributed by atoms with Crippen molar-refractivity contribution in [3.05, 3.63) is 71.6 Å². The molecular formula is C32H43N3O8S3. The molecule has 1 aliphatic heterocycles. The number of hydrogen-bond donors (Lipinski definition) is 2. The van der Waals surface area contributed by atoms with Gasteiger partial charge in [0.1, 0.15) is 9.96 Å². The second-order valence-corrected chi connectivity index (χ2v) is 16.5. The number of thiophene rings is 1. The molecule has 0 spiro atoms. The van der Waals surface area contributed by atoms with Gasteiger partial charge in [-0.05, 0) is 74.9 Å². The van der Waals surface area contributed by atoms with Gasteiger partial charge in [0.05, 0.1) is 35.3 Å². The van der Waals surface area contributed by atoms with Gasteiger partial charge >= 0.3 is 0 Å². The van der Waals surface area contributed by atoms with Gasteiger partial charge in [0.2, 0.25) is 10.0 Å². The van der Waals surface area contributed by atoms with E-state index in [9.17, 15) is 26.7 Å². The molecule has 0 unspecified atom stereocenters. The molecule has 0 aliphatic carbocycles. The van der Waals surface area contributed by atoms with Gasteiger partial charge in [-0.3, -0.25) is 9.52 Å². The Bertz CT molecular complexity index is 1650. The van der Waals surface area contributed by atoms with Crippen molar-refractivity contribution in [1.29, 1.82) is 0 Å². The number of anilines is 1. The number of nitrogens with zero attached hydrogens (tertiary/aromatic N) is 2. The van der Waals surface area contributed by atoms with Gasteiger partial charge in [-0.25, -0.2) is 16.8 Å². The molecule has 0 fully saturated rings. The van der Waals surface area contributed by atoms with Crippen LogP contribution < -0.4 is 9.46 Å². The zero-order valence-electron chi connectivity index (χ0n) is 26.5. The summed E-state index contributed by atoms with van der Waals surface area (Å²) in [6.45, 7) is 5.75. The molecule has 2 N–H and O–H groups in total. The maximum atomic E-state index is 14.3. The normalized spacial score (nSPS) is 21.2. The topological polar surface area (TPSA) is 143 Å². The molecule has 1 aromatic heterocycles. The lowest BCUT2D eigenvalue weighted by atomic mass is 10.0. The van der Waals surface area contributed by atoms with Crippen molar-refractivity contribution in [2.24, 2.45) is 5.92 Å². The number of carbonyl (C=O) groups excluding carboxylic acids is 1. The zero-order chi connectivity index (χ0) is 33.5. The van der Waals surface area contributed by atoms with Crippen LogP contribution in [0, 0.1) is 5.92 Å². The van der Waals surface area contributed by atoms with E-state index in [1.165, 1.54) is 28.4 Å². The first-order chi connectivity index (χ1) is 21.8. The minimum absolute atomic E-state index is 0.0542. The summed E-state index contributed by atoms with van der Waals surface area (Å²) in [5.74, 6) is -0.509. The van der Waals surface area contributed by atoms with Gasteiger partial charge in [0.15, 0.2) is 0 Å². The predicted molar refractivity (Wildman–Crippen MR) is 178 cm³/mol. The van der Waals surface area contributed by atoms with Crippen LogP contribution in [0.4, 0.5) is 5.69 Å². The number of likely N-dealkylation sites (N-methyl/N-ethyl adjacent to an activating group) is 1. The maximum Gasteiger partial charge on any atom is 0.271 e. The number of hydrogen-bond acceptors (Lipinski definition) is 9. The molecule has 46 heavy (non-hydrogen) atoms. The molecule has 4 rings (SSSR count). The first-order valence-electron chi connectivity index (χ1n) is 15.2. The molecule has 4 atom stereocenters. The van der Waals surface area contributed by atoms with Crippen LogP contribution in [-0.2, 0) is 24.8 Å². The summed E-state index contributed by atoms with van der Waals surface area (Å²) in [6.07, 6.45) is 1.34. The smallest absolute Gasteiger partial charge is 0.271 e. The third kappa shape index (κ3) is 8.87. The van der Waals surface area contributed by atoms with Crippen molar-refractivity contribution >= 4 is 43.0 Å². The molecular weight excluding hydrogens is 651 g/mol. The first kappa shape index (κ1) is 35.8. The molecule has 3 aromatic rings. The number of sulfonamides is 2. The molecule has 14 heteroatoms. The quantitative estimate of drug-likeness (QED) is 0.330. The van der Waals surface area contributed by atoms with Crippen LogP contribution in [0.5, 0.6) is 5.75 Å². The molecule has 2 heterocycles. The number of carbonyl (C=O) groups is 1. The van der Waals surface area contributed by atoms with E-state index < -0.39 is 38.1 Å². The molecule has 2 aromatic carbocycles. The lowest BCUT2D eigenvalue weighted by Crippen LogP contribution is -2.48. The van der Waals surface area contributed by atoms with Gasteiger partial charge in [0, 0.05) is 38.3 Å². The number of benzene rings is 2. The number of aliphatic hydroxyl groups is 1. The van der Waals surface area contributed by atoms with Crippen molar-refractivity contribution in [3.63, 3.8) is 0 Å². The zero-order valence-corrected chi connectivity index (χ0v) is 29.0. The van der Waals surface area contributed by atoms with Crippen LogP contribution in [0.2, 0.25) is 0 Å². The number of amides is 1. The van der Waals surface area contributed by atoms with E-state index in [-0.39, 0.29) is 52.1 Å². The second-order valence-electron chi connectivity index (χ2n) is 11.6. The Labute approximate surface area is 276 Å². The Morgan fingerprint density at radius 3 is 2.48 bits per heavy atom. The van der Waals surface area contributed by atoms with Crippen molar-refractivity contribution in [1.82, 2.24) is 9.21 Å². The van der Waals surface area contributed by atoms with E-state index in [0.29, 0.717) is 18.8 Å². The fraction of sp³-hybridized carbons (Fsp3) is 0.469.